The number of rotatable bonds is 4. The summed E-state index contributed by atoms with van der Waals surface area (Å²) in [5.74, 6) is 0. The van der Waals surface area contributed by atoms with E-state index in [-0.39, 0.29) is 6.61 Å². The fourth-order valence-corrected chi connectivity index (χ4v) is 2.68. The highest BCUT2D eigenvalue weighted by Crippen LogP contribution is 2.25. The van der Waals surface area contributed by atoms with E-state index in [1.807, 2.05) is 4.57 Å². The SMILES string of the molecule is OCCN=c1ncn(Cc2c(Cl)cccc2Cl)c2nc[nH]c12. The first kappa shape index (κ1) is 15.0. The largest absolute Gasteiger partial charge is 0.394 e. The maximum atomic E-state index is 8.88. The average molecular weight is 338 g/mol. The van der Waals surface area contributed by atoms with Gasteiger partial charge >= 0.3 is 0 Å². The first-order valence-electron chi connectivity index (χ1n) is 6.63. The zero-order valence-electron chi connectivity index (χ0n) is 11.5. The van der Waals surface area contributed by atoms with Gasteiger partial charge in [0.2, 0.25) is 0 Å². The third kappa shape index (κ3) is 2.85. The normalized spacial score (nSPS) is 12.2. The first-order chi connectivity index (χ1) is 10.7. The molecule has 2 heterocycles. The van der Waals surface area contributed by atoms with Crippen LogP contribution in [0.2, 0.25) is 10.0 Å². The highest BCUT2D eigenvalue weighted by atomic mass is 35.5. The minimum atomic E-state index is -0.0264. The summed E-state index contributed by atoms with van der Waals surface area (Å²) in [5, 5.41) is 10.1. The van der Waals surface area contributed by atoms with Crippen molar-refractivity contribution in [3.63, 3.8) is 0 Å². The number of fused-ring (bicyclic) bond motifs is 1. The van der Waals surface area contributed by atoms with Crippen LogP contribution in [0.5, 0.6) is 0 Å². The standard InChI is InChI=1S/C14H13Cl2N5O/c15-10-2-1-3-11(16)9(10)6-21-8-20-13(17-4-5-22)12-14(21)19-7-18-12/h1-3,7-8,22H,4-6H2,(H,18,19). The van der Waals surface area contributed by atoms with Gasteiger partial charge in [0, 0.05) is 15.6 Å². The molecule has 22 heavy (non-hydrogen) atoms. The molecule has 0 atom stereocenters. The van der Waals surface area contributed by atoms with Crippen LogP contribution in [0.25, 0.3) is 11.2 Å². The lowest BCUT2D eigenvalue weighted by Crippen LogP contribution is -2.16. The van der Waals surface area contributed by atoms with Gasteiger partial charge in [0.15, 0.2) is 11.1 Å². The predicted octanol–water partition coefficient (Wildman–Crippen LogP) is 2.01. The first-order valence-corrected chi connectivity index (χ1v) is 7.39. The van der Waals surface area contributed by atoms with E-state index in [2.05, 4.69) is 19.9 Å². The maximum absolute atomic E-state index is 8.88. The lowest BCUT2D eigenvalue weighted by molar-refractivity contribution is 0.305. The smallest absolute Gasteiger partial charge is 0.176 e. The number of halogens is 2. The number of aliphatic hydroxyl groups excluding tert-OH is 1. The van der Waals surface area contributed by atoms with Crippen molar-refractivity contribution in [1.82, 2.24) is 19.5 Å². The number of hydrogen-bond donors (Lipinski definition) is 2. The van der Waals surface area contributed by atoms with Gasteiger partial charge in [-0.3, -0.25) is 4.99 Å². The molecule has 0 aliphatic heterocycles. The molecule has 0 saturated heterocycles. The number of aliphatic hydroxyl groups is 1. The Labute approximate surface area is 136 Å². The third-order valence-electron chi connectivity index (χ3n) is 3.19. The van der Waals surface area contributed by atoms with Gasteiger partial charge in [0.1, 0.15) is 5.52 Å². The number of H-pyrrole nitrogens is 1. The highest BCUT2D eigenvalue weighted by Gasteiger charge is 2.10. The minimum absolute atomic E-state index is 0.0264. The molecule has 2 N–H and O–H groups in total. The van der Waals surface area contributed by atoms with Gasteiger partial charge in [-0.25, -0.2) is 9.97 Å². The molecule has 0 bridgehead atoms. The van der Waals surface area contributed by atoms with Crippen molar-refractivity contribution < 1.29 is 5.11 Å². The molecule has 0 saturated carbocycles. The molecule has 114 valence electrons. The lowest BCUT2D eigenvalue weighted by atomic mass is 10.2. The van der Waals surface area contributed by atoms with Crippen LogP contribution in [-0.4, -0.2) is 37.8 Å². The van der Waals surface area contributed by atoms with E-state index in [1.165, 1.54) is 0 Å². The molecule has 3 rings (SSSR count). The van der Waals surface area contributed by atoms with E-state index < -0.39 is 0 Å². The zero-order chi connectivity index (χ0) is 15.5. The Morgan fingerprint density at radius 3 is 2.73 bits per heavy atom. The molecule has 0 spiro atoms. The van der Waals surface area contributed by atoms with Gasteiger partial charge in [-0.2, -0.15) is 0 Å². The Balaban J connectivity index is 2.08. The number of nitrogens with one attached hydrogen (secondary N) is 1. The van der Waals surface area contributed by atoms with Gasteiger partial charge in [0.05, 0.1) is 32.4 Å². The van der Waals surface area contributed by atoms with Crippen molar-refractivity contribution >= 4 is 34.4 Å². The second-order valence-corrected chi connectivity index (χ2v) is 5.42. The Bertz CT molecular complexity index is 851. The summed E-state index contributed by atoms with van der Waals surface area (Å²) in [6.07, 6.45) is 3.22. The van der Waals surface area contributed by atoms with Crippen LogP contribution in [0, 0.1) is 0 Å². The van der Waals surface area contributed by atoms with E-state index in [1.54, 1.807) is 30.9 Å². The second-order valence-electron chi connectivity index (χ2n) is 4.60. The van der Waals surface area contributed by atoms with E-state index in [9.17, 15) is 0 Å². The number of benzene rings is 1. The van der Waals surface area contributed by atoms with Gasteiger partial charge in [-0.1, -0.05) is 29.3 Å². The average Bonchev–Trinajstić information content (AvgIpc) is 3.00. The fourth-order valence-electron chi connectivity index (χ4n) is 2.16. The number of aromatic amines is 1. The summed E-state index contributed by atoms with van der Waals surface area (Å²) in [7, 11) is 0. The van der Waals surface area contributed by atoms with Crippen molar-refractivity contribution in [2.45, 2.75) is 6.54 Å². The molecule has 0 aliphatic rings. The van der Waals surface area contributed by atoms with Gasteiger partial charge in [-0.05, 0) is 12.1 Å². The van der Waals surface area contributed by atoms with E-state index in [0.29, 0.717) is 39.8 Å². The maximum Gasteiger partial charge on any atom is 0.176 e. The van der Waals surface area contributed by atoms with Crippen molar-refractivity contribution in [3.8, 4) is 0 Å². The molecule has 0 amide bonds. The topological polar surface area (TPSA) is 79.1 Å². The van der Waals surface area contributed by atoms with Gasteiger partial charge in [0.25, 0.3) is 0 Å². The quantitative estimate of drug-likeness (QED) is 0.764. The zero-order valence-corrected chi connectivity index (χ0v) is 13.0. The van der Waals surface area contributed by atoms with Crippen LogP contribution in [0.4, 0.5) is 0 Å². The molecule has 8 heteroatoms. The fraction of sp³-hybridized carbons (Fsp3) is 0.214. The summed E-state index contributed by atoms with van der Waals surface area (Å²) in [4.78, 5) is 15.8. The Morgan fingerprint density at radius 2 is 2.00 bits per heavy atom. The Kier molecular flexibility index (Phi) is 4.42. The molecule has 0 unspecified atom stereocenters. The number of hydrogen-bond acceptors (Lipinski definition) is 4. The molecule has 2 aromatic heterocycles. The van der Waals surface area contributed by atoms with Crippen LogP contribution < -0.4 is 5.49 Å². The Hall–Kier alpha value is -1.89. The number of aromatic nitrogens is 4. The van der Waals surface area contributed by atoms with Crippen LogP contribution >= 0.6 is 23.2 Å². The van der Waals surface area contributed by atoms with E-state index >= 15 is 0 Å². The van der Waals surface area contributed by atoms with E-state index in [0.717, 1.165) is 5.56 Å². The minimum Gasteiger partial charge on any atom is -0.394 e. The monoisotopic (exact) mass is 337 g/mol. The summed E-state index contributed by atoms with van der Waals surface area (Å²) >= 11 is 12.4. The predicted molar refractivity (Wildman–Crippen MR) is 85.0 cm³/mol. The molecule has 0 radical (unpaired) electrons. The molecule has 3 aromatic rings. The van der Waals surface area contributed by atoms with Crippen molar-refractivity contribution in [2.75, 3.05) is 13.2 Å². The molecular weight excluding hydrogens is 325 g/mol. The number of nitrogens with zero attached hydrogens (tertiary/aromatic N) is 4. The molecule has 6 nitrogen and oxygen atoms in total. The van der Waals surface area contributed by atoms with Crippen LogP contribution in [0.15, 0.2) is 35.8 Å². The summed E-state index contributed by atoms with van der Waals surface area (Å²) < 4.78 is 1.84. The number of imidazole rings is 1. The lowest BCUT2D eigenvalue weighted by Gasteiger charge is -2.10. The molecular formula is C14H13Cl2N5O. The van der Waals surface area contributed by atoms with Crippen LogP contribution in [0.3, 0.4) is 0 Å². The molecule has 1 aromatic carbocycles. The highest BCUT2D eigenvalue weighted by molar-refractivity contribution is 6.35. The second kappa shape index (κ2) is 6.48. The van der Waals surface area contributed by atoms with Crippen molar-refractivity contribution in [1.29, 1.82) is 0 Å². The van der Waals surface area contributed by atoms with Crippen molar-refractivity contribution in [2.24, 2.45) is 4.99 Å². The molecule has 0 fully saturated rings. The van der Waals surface area contributed by atoms with E-state index in [4.69, 9.17) is 28.3 Å². The third-order valence-corrected chi connectivity index (χ3v) is 3.89. The summed E-state index contributed by atoms with van der Waals surface area (Å²) in [6, 6.07) is 5.39. The summed E-state index contributed by atoms with van der Waals surface area (Å²) in [6.45, 7) is 0.718. The van der Waals surface area contributed by atoms with Crippen LogP contribution in [-0.2, 0) is 6.54 Å². The van der Waals surface area contributed by atoms with Crippen molar-refractivity contribution in [3.05, 3.63) is 52.0 Å². The Morgan fingerprint density at radius 1 is 1.23 bits per heavy atom. The van der Waals surface area contributed by atoms with Gasteiger partial charge in [-0.15, -0.1) is 0 Å². The van der Waals surface area contributed by atoms with Gasteiger partial charge < -0.3 is 14.7 Å². The summed E-state index contributed by atoms with van der Waals surface area (Å²) in [5.41, 5.74) is 2.73. The molecule has 0 aliphatic carbocycles. The van der Waals surface area contributed by atoms with Crippen LogP contribution in [0.1, 0.15) is 5.56 Å².